The van der Waals surface area contributed by atoms with Gasteiger partial charge in [-0.05, 0) is 31.0 Å². The molecule has 1 aliphatic heterocycles. The molecule has 1 aromatic heterocycles. The van der Waals surface area contributed by atoms with Gasteiger partial charge in [-0.3, -0.25) is 4.79 Å². The van der Waals surface area contributed by atoms with E-state index in [0.29, 0.717) is 13.0 Å². The van der Waals surface area contributed by atoms with Crippen molar-refractivity contribution in [2.45, 2.75) is 31.5 Å². The van der Waals surface area contributed by atoms with Crippen molar-refractivity contribution in [3.8, 4) is 5.69 Å². The first-order chi connectivity index (χ1) is 10.6. The van der Waals surface area contributed by atoms with Crippen LogP contribution in [0.4, 0.5) is 0 Å². The van der Waals surface area contributed by atoms with E-state index in [2.05, 4.69) is 15.6 Å². The quantitative estimate of drug-likeness (QED) is 0.779. The third kappa shape index (κ3) is 3.18. The molecular weight excluding hydrogens is 280 g/mol. The number of aromatic nitrogens is 2. The minimum atomic E-state index is -0.435. The van der Waals surface area contributed by atoms with Crippen LogP contribution in [0.5, 0.6) is 0 Å². The van der Waals surface area contributed by atoms with E-state index in [4.69, 9.17) is 0 Å². The van der Waals surface area contributed by atoms with E-state index in [1.54, 1.807) is 12.5 Å². The monoisotopic (exact) mass is 300 g/mol. The molecule has 3 N–H and O–H groups in total. The zero-order chi connectivity index (χ0) is 15.5. The minimum Gasteiger partial charge on any atom is -0.392 e. The van der Waals surface area contributed by atoms with Crippen molar-refractivity contribution in [3.63, 3.8) is 0 Å². The Kier molecular flexibility index (Phi) is 4.22. The molecule has 1 saturated heterocycles. The Hall–Kier alpha value is -2.18. The van der Waals surface area contributed by atoms with Gasteiger partial charge < -0.3 is 20.3 Å². The highest BCUT2D eigenvalue weighted by atomic mass is 16.3. The molecule has 1 fully saturated rings. The lowest BCUT2D eigenvalue weighted by molar-refractivity contribution is -0.123. The van der Waals surface area contributed by atoms with Crippen LogP contribution in [-0.4, -0.2) is 39.3 Å². The van der Waals surface area contributed by atoms with Crippen LogP contribution in [0.3, 0.4) is 0 Å². The molecule has 0 radical (unpaired) electrons. The van der Waals surface area contributed by atoms with E-state index < -0.39 is 6.10 Å². The van der Waals surface area contributed by atoms with E-state index in [0.717, 1.165) is 11.3 Å². The number of aliphatic hydroxyl groups is 1. The van der Waals surface area contributed by atoms with Crippen LogP contribution in [0.1, 0.15) is 24.9 Å². The fourth-order valence-corrected chi connectivity index (χ4v) is 2.68. The molecule has 0 bridgehead atoms. The van der Waals surface area contributed by atoms with Crippen LogP contribution in [0.2, 0.25) is 0 Å². The first kappa shape index (κ1) is 14.7. The van der Waals surface area contributed by atoms with Gasteiger partial charge in [0.15, 0.2) is 0 Å². The largest absolute Gasteiger partial charge is 0.392 e. The van der Waals surface area contributed by atoms with Gasteiger partial charge >= 0.3 is 0 Å². The Morgan fingerprint density at radius 2 is 2.41 bits per heavy atom. The van der Waals surface area contributed by atoms with Gasteiger partial charge in [0.1, 0.15) is 0 Å². The molecule has 1 amide bonds. The average molecular weight is 300 g/mol. The van der Waals surface area contributed by atoms with Crippen molar-refractivity contribution in [3.05, 3.63) is 48.5 Å². The summed E-state index contributed by atoms with van der Waals surface area (Å²) in [5.74, 6) is -0.0721. The number of amides is 1. The van der Waals surface area contributed by atoms with Crippen molar-refractivity contribution >= 4 is 5.91 Å². The molecule has 1 aliphatic rings. The van der Waals surface area contributed by atoms with Crippen molar-refractivity contribution in [1.82, 2.24) is 20.2 Å². The van der Waals surface area contributed by atoms with Gasteiger partial charge in [-0.1, -0.05) is 12.1 Å². The summed E-state index contributed by atoms with van der Waals surface area (Å²) in [7, 11) is 0. The Bertz CT molecular complexity index is 641. The highest BCUT2D eigenvalue weighted by Gasteiger charge is 2.28. The van der Waals surface area contributed by atoms with Gasteiger partial charge in [0.2, 0.25) is 5.91 Å². The zero-order valence-electron chi connectivity index (χ0n) is 12.4. The number of hydrogen-bond donors (Lipinski definition) is 3. The molecular formula is C16H20N4O2. The number of benzene rings is 1. The maximum absolute atomic E-state index is 12.2. The summed E-state index contributed by atoms with van der Waals surface area (Å²) in [5.41, 5.74) is 2.03. The van der Waals surface area contributed by atoms with Gasteiger partial charge in [0.05, 0.1) is 24.5 Å². The molecule has 0 saturated carbocycles. The molecule has 0 aliphatic carbocycles. The van der Waals surface area contributed by atoms with Crippen molar-refractivity contribution in [2.24, 2.45) is 0 Å². The molecule has 0 unspecified atom stereocenters. The number of β-amino-alcohol motifs (C(OH)–C–C–N with tert-alkyl or cyclic N) is 1. The normalized spacial score (nSPS) is 22.5. The molecule has 0 spiro atoms. The van der Waals surface area contributed by atoms with Crippen molar-refractivity contribution in [1.29, 1.82) is 0 Å². The lowest BCUT2D eigenvalue weighted by Crippen LogP contribution is -2.41. The Morgan fingerprint density at radius 1 is 1.55 bits per heavy atom. The van der Waals surface area contributed by atoms with E-state index >= 15 is 0 Å². The number of aliphatic hydroxyl groups excluding tert-OH is 1. The smallest absolute Gasteiger partial charge is 0.237 e. The van der Waals surface area contributed by atoms with Crippen LogP contribution in [0.25, 0.3) is 5.69 Å². The number of nitrogens with one attached hydrogen (secondary N) is 2. The summed E-state index contributed by atoms with van der Waals surface area (Å²) in [5, 5.41) is 15.5. The first-order valence-corrected chi connectivity index (χ1v) is 7.43. The third-order valence-electron chi connectivity index (χ3n) is 3.96. The Balaban J connectivity index is 1.68. The fraction of sp³-hybridized carbons (Fsp3) is 0.375. The van der Waals surface area contributed by atoms with Crippen LogP contribution in [0.15, 0.2) is 43.0 Å². The van der Waals surface area contributed by atoms with Gasteiger partial charge in [-0.25, -0.2) is 4.98 Å². The van der Waals surface area contributed by atoms with E-state index in [1.165, 1.54) is 0 Å². The van der Waals surface area contributed by atoms with Crippen molar-refractivity contribution < 1.29 is 9.90 Å². The number of carbonyl (C=O) groups excluding carboxylic acids is 1. The number of nitrogens with zero attached hydrogens (tertiary/aromatic N) is 2. The molecule has 3 rings (SSSR count). The molecule has 6 nitrogen and oxygen atoms in total. The van der Waals surface area contributed by atoms with Crippen LogP contribution in [-0.2, 0) is 4.79 Å². The summed E-state index contributed by atoms with van der Waals surface area (Å²) in [6.07, 6.45) is 5.39. The predicted octanol–water partition coefficient (Wildman–Crippen LogP) is 0.772. The topological polar surface area (TPSA) is 79.2 Å². The van der Waals surface area contributed by atoms with Crippen LogP contribution >= 0.6 is 0 Å². The third-order valence-corrected chi connectivity index (χ3v) is 3.96. The van der Waals surface area contributed by atoms with Crippen LogP contribution in [0, 0.1) is 0 Å². The summed E-state index contributed by atoms with van der Waals surface area (Å²) >= 11 is 0. The summed E-state index contributed by atoms with van der Waals surface area (Å²) < 4.78 is 1.92. The number of carbonyl (C=O) groups is 1. The Labute approximate surface area is 129 Å². The highest BCUT2D eigenvalue weighted by Crippen LogP contribution is 2.17. The number of imidazole rings is 1. The number of rotatable bonds is 4. The molecule has 6 heteroatoms. The zero-order valence-corrected chi connectivity index (χ0v) is 12.4. The maximum atomic E-state index is 12.2. The molecule has 3 atom stereocenters. The Morgan fingerprint density at radius 3 is 3.09 bits per heavy atom. The number of hydrogen-bond acceptors (Lipinski definition) is 4. The lowest BCUT2D eigenvalue weighted by Gasteiger charge is -2.18. The van der Waals surface area contributed by atoms with Gasteiger partial charge in [0.25, 0.3) is 0 Å². The molecule has 22 heavy (non-hydrogen) atoms. The first-order valence-electron chi connectivity index (χ1n) is 7.43. The maximum Gasteiger partial charge on any atom is 0.237 e. The second kappa shape index (κ2) is 6.29. The summed E-state index contributed by atoms with van der Waals surface area (Å²) in [4.78, 5) is 16.2. The van der Waals surface area contributed by atoms with E-state index in [-0.39, 0.29) is 18.0 Å². The molecule has 116 valence electrons. The lowest BCUT2D eigenvalue weighted by atomic mass is 10.1. The summed E-state index contributed by atoms with van der Waals surface area (Å²) in [6, 6.07) is 7.57. The molecule has 2 aromatic rings. The molecule has 1 aromatic carbocycles. The SMILES string of the molecule is C[C@H](NC(=O)[C@H]1C[C@H](O)CN1)c1cccc(-n2ccnc2)c1. The van der Waals surface area contributed by atoms with Crippen LogP contribution < -0.4 is 10.6 Å². The van der Waals surface area contributed by atoms with Crippen molar-refractivity contribution in [2.75, 3.05) is 6.54 Å². The highest BCUT2D eigenvalue weighted by molar-refractivity contribution is 5.82. The second-order valence-electron chi connectivity index (χ2n) is 5.65. The van der Waals surface area contributed by atoms with E-state index in [9.17, 15) is 9.90 Å². The minimum absolute atomic E-state index is 0.0721. The molecule has 2 heterocycles. The second-order valence-corrected chi connectivity index (χ2v) is 5.65. The predicted molar refractivity (Wildman–Crippen MR) is 82.5 cm³/mol. The summed E-state index contributed by atoms with van der Waals surface area (Å²) in [6.45, 7) is 2.43. The van der Waals surface area contributed by atoms with Gasteiger partial charge in [-0.15, -0.1) is 0 Å². The van der Waals surface area contributed by atoms with Gasteiger partial charge in [0, 0.05) is 24.6 Å². The van der Waals surface area contributed by atoms with Gasteiger partial charge in [-0.2, -0.15) is 0 Å². The standard InChI is InChI=1S/C16H20N4O2/c1-11(19-16(22)15-8-14(21)9-18-15)12-3-2-4-13(7-12)20-6-5-17-10-20/h2-7,10-11,14-15,18,21H,8-9H2,1H3,(H,19,22)/t11-,14-,15+/m0/s1. The van der Waals surface area contributed by atoms with E-state index in [1.807, 2.05) is 42.0 Å². The fourth-order valence-electron chi connectivity index (χ4n) is 2.68. The average Bonchev–Trinajstić information content (AvgIpc) is 3.18.